The Morgan fingerprint density at radius 3 is 2.52 bits per heavy atom. The van der Waals surface area contributed by atoms with Crippen LogP contribution in [0.3, 0.4) is 0 Å². The summed E-state index contributed by atoms with van der Waals surface area (Å²) in [6.45, 7) is 8.63. The van der Waals surface area contributed by atoms with E-state index in [1.165, 1.54) is 31.5 Å². The highest BCUT2D eigenvalue weighted by Crippen LogP contribution is 2.34. The van der Waals surface area contributed by atoms with Crippen molar-refractivity contribution in [1.29, 1.82) is 0 Å². The fraction of sp³-hybridized carbons (Fsp3) is 0.435. The maximum Gasteiger partial charge on any atom is 0.259 e. The van der Waals surface area contributed by atoms with E-state index in [0.717, 1.165) is 29.0 Å². The molecule has 0 aromatic heterocycles. The van der Waals surface area contributed by atoms with E-state index in [2.05, 4.69) is 36.4 Å². The summed E-state index contributed by atoms with van der Waals surface area (Å²) in [5.41, 5.74) is 1.49. The zero-order valence-electron chi connectivity index (χ0n) is 17.4. The molecule has 6 heteroatoms. The van der Waals surface area contributed by atoms with E-state index in [-0.39, 0.29) is 11.9 Å². The topological polar surface area (TPSA) is 23.6 Å². The Labute approximate surface area is 176 Å². The number of fused-ring (bicyclic) bond motifs is 1. The third kappa shape index (κ3) is 5.17. The molecule has 0 radical (unpaired) electrons. The van der Waals surface area contributed by atoms with Gasteiger partial charge in [0.2, 0.25) is 0 Å². The smallest absolute Gasteiger partial charge is 0.259 e. The Bertz CT molecular complexity index is 864. The van der Waals surface area contributed by atoms with E-state index < -0.39 is 11.6 Å². The SMILES string of the molecule is CCN(Sc1ccc2c(c1)CN(C(=O)C(C)(C)F)CC2)C(C)c1ccc(F)cc1. The number of nitrogens with zero attached hydrogens (tertiary/aromatic N) is 2. The van der Waals surface area contributed by atoms with E-state index in [9.17, 15) is 13.6 Å². The molecule has 0 aliphatic carbocycles. The first kappa shape index (κ1) is 21.8. The summed E-state index contributed by atoms with van der Waals surface area (Å²) in [5.74, 6) is -0.691. The second kappa shape index (κ2) is 8.84. The van der Waals surface area contributed by atoms with Gasteiger partial charge in [-0.1, -0.05) is 25.1 Å². The van der Waals surface area contributed by atoms with Gasteiger partial charge in [-0.25, -0.2) is 13.1 Å². The quantitative estimate of drug-likeness (QED) is 0.575. The summed E-state index contributed by atoms with van der Waals surface area (Å²) >= 11 is 1.65. The van der Waals surface area contributed by atoms with Gasteiger partial charge in [0, 0.05) is 30.6 Å². The first-order valence-corrected chi connectivity index (χ1v) is 10.8. The fourth-order valence-corrected chi connectivity index (χ4v) is 4.60. The number of amides is 1. The average molecular weight is 419 g/mol. The highest BCUT2D eigenvalue weighted by molar-refractivity contribution is 7.97. The molecule has 0 spiro atoms. The van der Waals surface area contributed by atoms with Crippen LogP contribution in [0.1, 0.15) is 50.4 Å². The molecule has 1 heterocycles. The van der Waals surface area contributed by atoms with Crippen molar-refractivity contribution in [3.8, 4) is 0 Å². The minimum Gasteiger partial charge on any atom is -0.335 e. The van der Waals surface area contributed by atoms with Gasteiger partial charge in [0.25, 0.3) is 5.91 Å². The van der Waals surface area contributed by atoms with E-state index in [1.54, 1.807) is 16.8 Å². The summed E-state index contributed by atoms with van der Waals surface area (Å²) in [6, 6.07) is 13.0. The standard InChI is InChI=1S/C23H28F2N2OS/c1-5-27(16(2)17-6-9-20(24)10-7-17)29-21-11-8-18-12-13-26(15-19(18)14-21)22(28)23(3,4)25/h6-11,14,16H,5,12-13,15H2,1-4H3. The molecule has 0 N–H and O–H groups in total. The predicted molar refractivity (Wildman–Crippen MR) is 114 cm³/mol. The van der Waals surface area contributed by atoms with E-state index in [1.807, 2.05) is 12.1 Å². The second-order valence-electron chi connectivity index (χ2n) is 7.93. The summed E-state index contributed by atoms with van der Waals surface area (Å²) < 4.78 is 29.6. The first-order chi connectivity index (χ1) is 13.7. The minimum atomic E-state index is -1.85. The van der Waals surface area contributed by atoms with Gasteiger partial charge in [-0.15, -0.1) is 0 Å². The summed E-state index contributed by atoms with van der Waals surface area (Å²) in [6.07, 6.45) is 0.742. The van der Waals surface area contributed by atoms with Crippen LogP contribution in [0.4, 0.5) is 8.78 Å². The molecule has 0 bridgehead atoms. The number of carbonyl (C=O) groups is 1. The fourth-order valence-electron chi connectivity index (χ4n) is 3.60. The van der Waals surface area contributed by atoms with Gasteiger partial charge in [-0.2, -0.15) is 0 Å². The zero-order valence-corrected chi connectivity index (χ0v) is 18.2. The minimum absolute atomic E-state index is 0.118. The molecule has 3 rings (SSSR count). The van der Waals surface area contributed by atoms with Crippen molar-refractivity contribution < 1.29 is 13.6 Å². The van der Waals surface area contributed by atoms with Crippen molar-refractivity contribution in [2.24, 2.45) is 0 Å². The van der Waals surface area contributed by atoms with Crippen molar-refractivity contribution >= 4 is 17.9 Å². The molecular formula is C23H28F2N2OS. The van der Waals surface area contributed by atoms with Crippen LogP contribution in [0.2, 0.25) is 0 Å². The van der Waals surface area contributed by atoms with Gasteiger partial charge in [0.1, 0.15) is 5.82 Å². The Morgan fingerprint density at radius 1 is 1.21 bits per heavy atom. The van der Waals surface area contributed by atoms with Gasteiger partial charge >= 0.3 is 0 Å². The van der Waals surface area contributed by atoms with Crippen LogP contribution in [0, 0.1) is 5.82 Å². The Hall–Kier alpha value is -1.92. The van der Waals surface area contributed by atoms with Crippen LogP contribution in [0.15, 0.2) is 47.4 Å². The normalized spacial score (nSPS) is 15.3. The molecule has 3 nitrogen and oxygen atoms in total. The lowest BCUT2D eigenvalue weighted by Crippen LogP contribution is -2.44. The third-order valence-electron chi connectivity index (χ3n) is 5.30. The van der Waals surface area contributed by atoms with Crippen LogP contribution in [-0.4, -0.2) is 33.9 Å². The van der Waals surface area contributed by atoms with Gasteiger partial charge < -0.3 is 4.90 Å². The number of alkyl halides is 1. The highest BCUT2D eigenvalue weighted by atomic mass is 32.2. The summed E-state index contributed by atoms with van der Waals surface area (Å²) in [5, 5.41) is 0. The molecular weight excluding hydrogens is 390 g/mol. The largest absolute Gasteiger partial charge is 0.335 e. The van der Waals surface area contributed by atoms with Crippen molar-refractivity contribution in [3.63, 3.8) is 0 Å². The van der Waals surface area contributed by atoms with Crippen LogP contribution in [0.5, 0.6) is 0 Å². The average Bonchev–Trinajstić information content (AvgIpc) is 2.70. The first-order valence-electron chi connectivity index (χ1n) is 9.99. The van der Waals surface area contributed by atoms with Crippen molar-refractivity contribution in [3.05, 3.63) is 65.0 Å². The van der Waals surface area contributed by atoms with Crippen LogP contribution in [-0.2, 0) is 17.8 Å². The lowest BCUT2D eigenvalue weighted by Gasteiger charge is -2.32. The van der Waals surface area contributed by atoms with Gasteiger partial charge in [0.15, 0.2) is 5.67 Å². The lowest BCUT2D eigenvalue weighted by atomic mass is 9.98. The summed E-state index contributed by atoms with van der Waals surface area (Å²) in [7, 11) is 0. The molecule has 1 unspecified atom stereocenters. The van der Waals surface area contributed by atoms with Gasteiger partial charge in [0.05, 0.1) is 0 Å². The monoisotopic (exact) mass is 418 g/mol. The third-order valence-corrected chi connectivity index (χ3v) is 6.58. The van der Waals surface area contributed by atoms with E-state index in [0.29, 0.717) is 13.1 Å². The molecule has 1 aliphatic heterocycles. The van der Waals surface area contributed by atoms with Crippen LogP contribution in [0.25, 0.3) is 0 Å². The molecule has 0 fully saturated rings. The number of rotatable bonds is 6. The molecule has 2 aromatic rings. The van der Waals surface area contributed by atoms with E-state index >= 15 is 0 Å². The lowest BCUT2D eigenvalue weighted by molar-refractivity contribution is -0.142. The maximum atomic E-state index is 14.1. The Kier molecular flexibility index (Phi) is 6.64. The van der Waals surface area contributed by atoms with E-state index in [4.69, 9.17) is 0 Å². The molecule has 1 atom stereocenters. The zero-order chi connectivity index (χ0) is 21.2. The predicted octanol–water partition coefficient (Wildman–Crippen LogP) is 5.55. The molecule has 2 aromatic carbocycles. The Morgan fingerprint density at radius 2 is 1.90 bits per heavy atom. The molecule has 1 aliphatic rings. The molecule has 156 valence electrons. The van der Waals surface area contributed by atoms with Crippen LogP contribution >= 0.6 is 11.9 Å². The Balaban J connectivity index is 1.75. The second-order valence-corrected chi connectivity index (χ2v) is 9.05. The van der Waals surface area contributed by atoms with Crippen molar-refractivity contribution in [2.75, 3.05) is 13.1 Å². The number of benzene rings is 2. The molecule has 0 saturated carbocycles. The number of hydrogen-bond donors (Lipinski definition) is 0. The molecule has 0 saturated heterocycles. The van der Waals surface area contributed by atoms with Gasteiger partial charge in [-0.3, -0.25) is 4.79 Å². The highest BCUT2D eigenvalue weighted by Gasteiger charge is 2.33. The summed E-state index contributed by atoms with van der Waals surface area (Å²) in [4.78, 5) is 15.0. The maximum absolute atomic E-state index is 14.1. The number of halogens is 2. The molecule has 1 amide bonds. The van der Waals surface area contributed by atoms with Crippen LogP contribution < -0.4 is 0 Å². The van der Waals surface area contributed by atoms with Crippen molar-refractivity contribution in [2.45, 2.75) is 57.3 Å². The number of hydrogen-bond acceptors (Lipinski definition) is 3. The number of carbonyl (C=O) groups excluding carboxylic acids is 1. The molecule has 29 heavy (non-hydrogen) atoms. The van der Waals surface area contributed by atoms with Gasteiger partial charge in [-0.05, 0) is 80.1 Å². The van der Waals surface area contributed by atoms with Crippen molar-refractivity contribution in [1.82, 2.24) is 9.21 Å².